The van der Waals surface area contributed by atoms with Crippen LogP contribution in [0, 0.1) is 0 Å². The van der Waals surface area contributed by atoms with Crippen molar-refractivity contribution in [3.05, 3.63) is 36.4 Å². The van der Waals surface area contributed by atoms with Gasteiger partial charge >= 0.3 is 17.9 Å². The maximum Gasteiger partial charge on any atom is 0.341 e. The first-order valence-electron chi connectivity index (χ1n) is 10.1. The first kappa shape index (κ1) is 25.9. The Morgan fingerprint density at radius 2 is 1.41 bits per heavy atom. The fourth-order valence-electron chi connectivity index (χ4n) is 2.42. The Labute approximate surface area is 195 Å². The first-order chi connectivity index (χ1) is 16.2. The van der Waals surface area contributed by atoms with Gasteiger partial charge in [-0.25, -0.2) is 4.79 Å². The molecule has 0 amide bonds. The molecule has 0 heterocycles. The number of benzene rings is 2. The molecular weight excluding hydrogens is 450 g/mol. The van der Waals surface area contributed by atoms with Crippen molar-refractivity contribution in [1.82, 2.24) is 0 Å². The van der Waals surface area contributed by atoms with Crippen molar-refractivity contribution in [1.29, 1.82) is 0 Å². The van der Waals surface area contributed by atoms with E-state index in [0.717, 1.165) is 0 Å². The van der Waals surface area contributed by atoms with Crippen LogP contribution in [-0.4, -0.2) is 56.0 Å². The van der Waals surface area contributed by atoms with Gasteiger partial charge in [0, 0.05) is 26.0 Å². The molecule has 0 atom stereocenters. The molecular formula is C22H25N3O9. The second-order valence-corrected chi connectivity index (χ2v) is 6.61. The van der Waals surface area contributed by atoms with Gasteiger partial charge in [0.2, 0.25) is 0 Å². The Balaban J connectivity index is 2.17. The van der Waals surface area contributed by atoms with E-state index in [0.29, 0.717) is 11.4 Å². The monoisotopic (exact) mass is 475 g/mol. The number of nitrogens with zero attached hydrogens (tertiary/aromatic N) is 2. The predicted molar refractivity (Wildman–Crippen MR) is 119 cm³/mol. The van der Waals surface area contributed by atoms with E-state index in [9.17, 15) is 14.4 Å². The summed E-state index contributed by atoms with van der Waals surface area (Å²) >= 11 is 0. The number of hydrogen-bond donors (Lipinski definition) is 2. The zero-order valence-electron chi connectivity index (χ0n) is 18.7. The number of carboxylic acid groups (broad SMARTS) is 1. The van der Waals surface area contributed by atoms with Gasteiger partial charge in [-0.1, -0.05) is 0 Å². The molecule has 0 aliphatic rings. The minimum absolute atomic E-state index is 0.0320. The summed E-state index contributed by atoms with van der Waals surface area (Å²) in [6, 6.07) is 9.30. The van der Waals surface area contributed by atoms with Gasteiger partial charge in [-0.3, -0.25) is 9.59 Å². The molecule has 34 heavy (non-hydrogen) atoms. The number of carbonyl (C=O) groups excluding carboxylic acids is 2. The van der Waals surface area contributed by atoms with Crippen molar-refractivity contribution in [2.45, 2.75) is 13.8 Å². The van der Waals surface area contributed by atoms with Crippen molar-refractivity contribution >= 4 is 35.0 Å². The third kappa shape index (κ3) is 9.42. The minimum atomic E-state index is -1.08. The second-order valence-electron chi connectivity index (χ2n) is 6.61. The Kier molecular flexibility index (Phi) is 10.1. The quantitative estimate of drug-likeness (QED) is 0.190. The van der Waals surface area contributed by atoms with Gasteiger partial charge in [-0.2, -0.15) is 5.11 Å². The van der Waals surface area contributed by atoms with E-state index in [4.69, 9.17) is 34.5 Å². The van der Waals surface area contributed by atoms with Gasteiger partial charge in [0.15, 0.2) is 6.61 Å². The molecule has 0 bridgehead atoms. The van der Waals surface area contributed by atoms with Crippen molar-refractivity contribution in [3.63, 3.8) is 0 Å². The normalized spacial score (nSPS) is 10.5. The topological polar surface area (TPSA) is 168 Å². The number of esters is 2. The van der Waals surface area contributed by atoms with Crippen LogP contribution >= 0.6 is 0 Å². The van der Waals surface area contributed by atoms with Gasteiger partial charge in [-0.15, -0.1) is 5.11 Å². The van der Waals surface area contributed by atoms with E-state index in [2.05, 4.69) is 10.2 Å². The van der Waals surface area contributed by atoms with E-state index in [1.165, 1.54) is 26.0 Å². The summed E-state index contributed by atoms with van der Waals surface area (Å²) in [4.78, 5) is 32.4. The van der Waals surface area contributed by atoms with Gasteiger partial charge in [0.05, 0.1) is 11.4 Å². The average Bonchev–Trinajstić information content (AvgIpc) is 2.78. The summed E-state index contributed by atoms with van der Waals surface area (Å²) in [6.45, 7) is 2.33. The number of ether oxygens (including phenoxy) is 5. The molecule has 0 spiro atoms. The van der Waals surface area contributed by atoms with Gasteiger partial charge in [-0.05, 0) is 24.3 Å². The summed E-state index contributed by atoms with van der Waals surface area (Å²) in [5.74, 6) is -1.02. The Morgan fingerprint density at radius 3 is 1.97 bits per heavy atom. The number of hydrogen-bond acceptors (Lipinski definition) is 11. The Morgan fingerprint density at radius 1 is 0.824 bits per heavy atom. The van der Waals surface area contributed by atoms with Crippen LogP contribution in [0.3, 0.4) is 0 Å². The molecule has 0 unspecified atom stereocenters. The lowest BCUT2D eigenvalue weighted by Gasteiger charge is -2.13. The highest BCUT2D eigenvalue weighted by Crippen LogP contribution is 2.38. The first-order valence-corrected chi connectivity index (χ1v) is 10.1. The molecule has 0 radical (unpaired) electrons. The number of carboxylic acids is 1. The van der Waals surface area contributed by atoms with E-state index in [1.807, 2.05) is 0 Å². The number of aliphatic carboxylic acids is 1. The zero-order chi connectivity index (χ0) is 24.9. The van der Waals surface area contributed by atoms with Crippen LogP contribution in [0.4, 0.5) is 17.1 Å². The largest absolute Gasteiger partial charge is 0.488 e. The molecule has 2 aromatic carbocycles. The van der Waals surface area contributed by atoms with E-state index in [-0.39, 0.29) is 49.3 Å². The molecule has 3 N–H and O–H groups in total. The average molecular weight is 475 g/mol. The van der Waals surface area contributed by atoms with Crippen molar-refractivity contribution < 1.29 is 43.2 Å². The number of carbonyl (C=O) groups is 3. The molecule has 0 aliphatic heterocycles. The van der Waals surface area contributed by atoms with Crippen molar-refractivity contribution in [2.24, 2.45) is 10.2 Å². The summed E-state index contributed by atoms with van der Waals surface area (Å²) in [5, 5.41) is 17.0. The van der Waals surface area contributed by atoms with Crippen LogP contribution in [0.1, 0.15) is 13.8 Å². The molecule has 0 aliphatic carbocycles. The van der Waals surface area contributed by atoms with Crippen LogP contribution in [0.5, 0.6) is 17.2 Å². The maximum atomic E-state index is 10.9. The molecule has 0 saturated heterocycles. The Hall–Kier alpha value is -4.35. The van der Waals surface area contributed by atoms with Crippen LogP contribution in [-0.2, 0) is 23.9 Å². The standard InChI is InChI=1S/C22H25N3O9/c1-14(26)30-7-9-32-20-12-19(21(11-18(20)23)33-10-8-31-15(2)27)25-24-16-3-5-17(6-4-16)34-13-22(28)29/h3-6,11-12H,7-10,13,23H2,1-2H3,(H,28,29). The van der Waals surface area contributed by atoms with Crippen LogP contribution in [0.2, 0.25) is 0 Å². The molecule has 12 heteroatoms. The van der Waals surface area contributed by atoms with E-state index >= 15 is 0 Å². The van der Waals surface area contributed by atoms with Gasteiger partial charge in [0.1, 0.15) is 49.4 Å². The highest BCUT2D eigenvalue weighted by molar-refractivity contribution is 5.69. The number of nitrogens with two attached hydrogens (primary N) is 1. The fourth-order valence-corrected chi connectivity index (χ4v) is 2.42. The fraction of sp³-hybridized carbons (Fsp3) is 0.318. The molecule has 0 saturated carbocycles. The van der Waals surface area contributed by atoms with Gasteiger partial charge < -0.3 is 34.5 Å². The number of azo groups is 1. The van der Waals surface area contributed by atoms with Crippen molar-refractivity contribution in [2.75, 3.05) is 38.8 Å². The van der Waals surface area contributed by atoms with Crippen molar-refractivity contribution in [3.8, 4) is 17.2 Å². The predicted octanol–water partition coefficient (Wildman–Crippen LogP) is 3.03. The molecule has 0 fully saturated rings. The minimum Gasteiger partial charge on any atom is -0.488 e. The summed E-state index contributed by atoms with van der Waals surface area (Å²) < 4.78 is 26.0. The number of nitrogen functional groups attached to an aromatic ring is 1. The summed E-state index contributed by atoms with van der Waals surface area (Å²) in [7, 11) is 0. The number of rotatable bonds is 13. The van der Waals surface area contributed by atoms with E-state index < -0.39 is 24.5 Å². The lowest BCUT2D eigenvalue weighted by molar-refractivity contribution is -0.142. The molecule has 182 valence electrons. The SMILES string of the molecule is CC(=O)OCCOc1cc(N=Nc2ccc(OCC(=O)O)cc2)c(OCCOC(C)=O)cc1N. The maximum absolute atomic E-state index is 10.9. The second kappa shape index (κ2) is 13.3. The summed E-state index contributed by atoms with van der Waals surface area (Å²) in [6.07, 6.45) is 0. The zero-order valence-corrected chi connectivity index (χ0v) is 18.7. The van der Waals surface area contributed by atoms with Crippen LogP contribution in [0.25, 0.3) is 0 Å². The Bertz CT molecular complexity index is 1020. The summed E-state index contributed by atoms with van der Waals surface area (Å²) in [5.41, 5.74) is 7.03. The molecule has 12 nitrogen and oxygen atoms in total. The third-order valence-corrected chi connectivity index (χ3v) is 3.86. The molecule has 2 rings (SSSR count). The van der Waals surface area contributed by atoms with Crippen LogP contribution < -0.4 is 19.9 Å². The third-order valence-electron chi connectivity index (χ3n) is 3.86. The number of anilines is 1. The van der Waals surface area contributed by atoms with Gasteiger partial charge in [0.25, 0.3) is 0 Å². The highest BCUT2D eigenvalue weighted by Gasteiger charge is 2.12. The molecule has 0 aromatic heterocycles. The smallest absolute Gasteiger partial charge is 0.341 e. The lowest BCUT2D eigenvalue weighted by Crippen LogP contribution is -2.11. The van der Waals surface area contributed by atoms with E-state index in [1.54, 1.807) is 24.3 Å². The highest BCUT2D eigenvalue weighted by atomic mass is 16.6. The van der Waals surface area contributed by atoms with Crippen LogP contribution in [0.15, 0.2) is 46.6 Å². The molecule has 2 aromatic rings. The lowest BCUT2D eigenvalue weighted by atomic mass is 10.2.